The van der Waals surface area contributed by atoms with Crippen molar-refractivity contribution in [1.29, 1.82) is 0 Å². The highest BCUT2D eigenvalue weighted by molar-refractivity contribution is 7.89. The largest absolute Gasteiger partial charge is 0.362 e. The molecule has 0 spiro atoms. The van der Waals surface area contributed by atoms with Crippen LogP contribution >= 0.6 is 12.2 Å². The first-order valence-corrected chi connectivity index (χ1v) is 14.0. The number of thiocarbonyl (C=S) groups is 1. The number of benzene rings is 3. The van der Waals surface area contributed by atoms with E-state index in [1.54, 1.807) is 28.6 Å². The van der Waals surface area contributed by atoms with Gasteiger partial charge in [0.05, 0.1) is 4.90 Å². The zero-order valence-corrected chi connectivity index (χ0v) is 21.7. The van der Waals surface area contributed by atoms with Gasteiger partial charge in [-0.1, -0.05) is 67.6 Å². The van der Waals surface area contributed by atoms with Gasteiger partial charge in [0.25, 0.3) is 0 Å². The van der Waals surface area contributed by atoms with E-state index in [-0.39, 0.29) is 5.92 Å². The van der Waals surface area contributed by atoms with Crippen LogP contribution in [0.2, 0.25) is 0 Å². The molecule has 0 amide bonds. The third-order valence-corrected chi connectivity index (χ3v) is 8.77. The van der Waals surface area contributed by atoms with Crippen molar-refractivity contribution in [1.82, 2.24) is 9.62 Å². The predicted octanol–water partition coefficient (Wildman–Crippen LogP) is 5.62. The van der Waals surface area contributed by atoms with E-state index in [1.165, 1.54) is 11.1 Å². The molecule has 1 fully saturated rings. The van der Waals surface area contributed by atoms with Gasteiger partial charge in [-0.15, -0.1) is 0 Å². The Balaban J connectivity index is 1.32. The fraction of sp³-hybridized carbons (Fsp3) is 0.321. The van der Waals surface area contributed by atoms with Crippen molar-refractivity contribution in [3.05, 3.63) is 96.1 Å². The molecule has 3 aromatic carbocycles. The molecule has 0 unspecified atom stereocenters. The molecule has 1 heterocycles. The van der Waals surface area contributed by atoms with Crippen molar-refractivity contribution in [2.24, 2.45) is 5.92 Å². The Morgan fingerprint density at radius 1 is 0.914 bits per heavy atom. The summed E-state index contributed by atoms with van der Waals surface area (Å²) in [6, 6.07) is 27.8. The van der Waals surface area contributed by atoms with Crippen LogP contribution in [0.5, 0.6) is 0 Å². The van der Waals surface area contributed by atoms with E-state index in [0.717, 1.165) is 24.9 Å². The van der Waals surface area contributed by atoms with Gasteiger partial charge in [0, 0.05) is 31.2 Å². The van der Waals surface area contributed by atoms with E-state index in [2.05, 4.69) is 66.1 Å². The fourth-order valence-electron chi connectivity index (χ4n) is 4.49. The standard InChI is InChI=1S/C28H33N3O2S2/c1-22-17-20-31(21-18-22)35(32,33)26-14-12-25(13-15-26)30-28(34)29-19-16-27(23-8-4-2-5-9-23)24-10-6-3-7-11-24/h2-15,22,27H,16-21H2,1H3,(H2,29,30,34). The molecule has 0 bridgehead atoms. The second-order valence-corrected chi connectivity index (χ2v) is 11.5. The summed E-state index contributed by atoms with van der Waals surface area (Å²) in [6.07, 6.45) is 2.71. The summed E-state index contributed by atoms with van der Waals surface area (Å²) in [6.45, 7) is 4.06. The Bertz CT molecular complexity index is 1150. The molecule has 3 aromatic rings. The van der Waals surface area contributed by atoms with Gasteiger partial charge in [0.1, 0.15) is 0 Å². The first-order valence-electron chi connectivity index (χ1n) is 12.2. The Hall–Kier alpha value is -2.74. The molecule has 1 saturated heterocycles. The molecule has 7 heteroatoms. The van der Waals surface area contributed by atoms with Crippen molar-refractivity contribution in [2.75, 3.05) is 25.0 Å². The maximum atomic E-state index is 12.9. The molecule has 1 aliphatic heterocycles. The number of rotatable bonds is 8. The van der Waals surface area contributed by atoms with Gasteiger partial charge in [-0.25, -0.2) is 8.42 Å². The molecule has 5 nitrogen and oxygen atoms in total. The predicted molar refractivity (Wildman–Crippen MR) is 147 cm³/mol. The van der Waals surface area contributed by atoms with Gasteiger partial charge in [-0.3, -0.25) is 0 Å². The van der Waals surface area contributed by atoms with Gasteiger partial charge < -0.3 is 10.6 Å². The van der Waals surface area contributed by atoms with Gasteiger partial charge in [-0.2, -0.15) is 4.31 Å². The molecule has 0 atom stereocenters. The van der Waals surface area contributed by atoms with Crippen LogP contribution < -0.4 is 10.6 Å². The number of hydrogen-bond acceptors (Lipinski definition) is 3. The number of hydrogen-bond donors (Lipinski definition) is 2. The molecule has 1 aliphatic rings. The zero-order chi connectivity index (χ0) is 24.7. The minimum absolute atomic E-state index is 0.273. The molecular weight excluding hydrogens is 474 g/mol. The lowest BCUT2D eigenvalue weighted by atomic mass is 9.88. The molecular formula is C28H33N3O2S2. The molecule has 4 rings (SSSR count). The van der Waals surface area contributed by atoms with E-state index in [0.29, 0.717) is 35.6 Å². The molecule has 2 N–H and O–H groups in total. The maximum absolute atomic E-state index is 12.9. The highest BCUT2D eigenvalue weighted by Crippen LogP contribution is 2.27. The lowest BCUT2D eigenvalue weighted by molar-refractivity contribution is 0.288. The van der Waals surface area contributed by atoms with Crippen molar-refractivity contribution in [3.8, 4) is 0 Å². The Kier molecular flexibility index (Phi) is 8.55. The van der Waals surface area contributed by atoms with E-state index >= 15 is 0 Å². The van der Waals surface area contributed by atoms with Gasteiger partial charge in [0.2, 0.25) is 10.0 Å². The van der Waals surface area contributed by atoms with Crippen molar-refractivity contribution >= 4 is 33.0 Å². The average molecular weight is 508 g/mol. The monoisotopic (exact) mass is 507 g/mol. The topological polar surface area (TPSA) is 61.4 Å². The lowest BCUT2D eigenvalue weighted by Crippen LogP contribution is -2.37. The van der Waals surface area contributed by atoms with Crippen LogP contribution in [-0.2, 0) is 10.0 Å². The van der Waals surface area contributed by atoms with Crippen LogP contribution in [0.4, 0.5) is 5.69 Å². The van der Waals surface area contributed by atoms with Gasteiger partial charge in [0.15, 0.2) is 5.11 Å². The van der Waals surface area contributed by atoms with Crippen LogP contribution in [0.15, 0.2) is 89.8 Å². The SMILES string of the molecule is CC1CCN(S(=O)(=O)c2ccc(NC(=S)NCCC(c3ccccc3)c3ccccc3)cc2)CC1. The van der Waals surface area contributed by atoms with Gasteiger partial charge in [-0.05, 0) is 72.8 Å². The summed E-state index contributed by atoms with van der Waals surface area (Å²) < 4.78 is 27.5. The molecule has 35 heavy (non-hydrogen) atoms. The van der Waals surface area contributed by atoms with Gasteiger partial charge >= 0.3 is 0 Å². The molecule has 0 saturated carbocycles. The average Bonchev–Trinajstić information content (AvgIpc) is 2.88. The normalized spacial score (nSPS) is 15.1. The van der Waals surface area contributed by atoms with E-state index in [9.17, 15) is 8.42 Å². The molecule has 0 radical (unpaired) electrons. The number of anilines is 1. The number of nitrogens with zero attached hydrogens (tertiary/aromatic N) is 1. The number of nitrogens with one attached hydrogen (secondary N) is 2. The summed E-state index contributed by atoms with van der Waals surface area (Å²) >= 11 is 5.49. The van der Waals surface area contributed by atoms with E-state index in [4.69, 9.17) is 12.2 Å². The highest BCUT2D eigenvalue weighted by Gasteiger charge is 2.27. The van der Waals surface area contributed by atoms with E-state index in [1.807, 2.05) is 12.1 Å². The third-order valence-electron chi connectivity index (χ3n) is 6.62. The van der Waals surface area contributed by atoms with Crippen molar-refractivity contribution in [3.63, 3.8) is 0 Å². The van der Waals surface area contributed by atoms with Crippen LogP contribution in [0, 0.1) is 5.92 Å². The smallest absolute Gasteiger partial charge is 0.243 e. The zero-order valence-electron chi connectivity index (χ0n) is 20.1. The summed E-state index contributed by atoms with van der Waals surface area (Å²) in [5.41, 5.74) is 3.31. The highest BCUT2D eigenvalue weighted by atomic mass is 32.2. The molecule has 0 aliphatic carbocycles. The number of sulfonamides is 1. The fourth-order valence-corrected chi connectivity index (χ4v) is 6.18. The van der Waals surface area contributed by atoms with Crippen LogP contribution in [0.3, 0.4) is 0 Å². The Morgan fingerprint density at radius 2 is 1.46 bits per heavy atom. The first kappa shape index (κ1) is 25.4. The van der Waals surface area contributed by atoms with E-state index < -0.39 is 10.0 Å². The minimum atomic E-state index is -3.45. The maximum Gasteiger partial charge on any atom is 0.243 e. The molecule has 184 valence electrons. The summed E-state index contributed by atoms with van der Waals surface area (Å²) in [4.78, 5) is 0.324. The van der Waals surface area contributed by atoms with Crippen molar-refractivity contribution in [2.45, 2.75) is 37.0 Å². The van der Waals surface area contributed by atoms with Crippen LogP contribution in [0.25, 0.3) is 0 Å². The van der Waals surface area contributed by atoms with Crippen LogP contribution in [0.1, 0.15) is 43.2 Å². The first-order chi connectivity index (χ1) is 16.9. The summed E-state index contributed by atoms with van der Waals surface area (Å²) in [7, 11) is -3.45. The lowest BCUT2D eigenvalue weighted by Gasteiger charge is -2.29. The molecule has 0 aromatic heterocycles. The van der Waals surface area contributed by atoms with Crippen LogP contribution in [-0.4, -0.2) is 37.5 Å². The van der Waals surface area contributed by atoms with Crippen molar-refractivity contribution < 1.29 is 8.42 Å². The Labute approximate surface area is 214 Å². The summed E-state index contributed by atoms with van der Waals surface area (Å²) in [5.74, 6) is 0.854. The summed E-state index contributed by atoms with van der Waals surface area (Å²) in [5, 5.41) is 6.99. The third kappa shape index (κ3) is 6.69. The Morgan fingerprint density at radius 3 is 2.00 bits per heavy atom. The number of piperidine rings is 1. The minimum Gasteiger partial charge on any atom is -0.362 e. The second kappa shape index (κ2) is 11.8. The second-order valence-electron chi connectivity index (χ2n) is 9.15. The quantitative estimate of drug-likeness (QED) is 0.388.